The van der Waals surface area contributed by atoms with Gasteiger partial charge in [-0.3, -0.25) is 25.4 Å². The molecule has 2 aromatic rings. The van der Waals surface area contributed by atoms with Crippen LogP contribution in [-0.2, 0) is 20.7 Å². The van der Waals surface area contributed by atoms with Crippen LogP contribution in [0.25, 0.3) is 0 Å². The average molecular weight is 437 g/mol. The number of hydrogen-bond donors (Lipinski definition) is 3. The van der Waals surface area contributed by atoms with Gasteiger partial charge < -0.3 is 10.1 Å². The van der Waals surface area contributed by atoms with Gasteiger partial charge in [-0.1, -0.05) is 54.6 Å². The standard InChI is InChI=1S/C23H24N4O3S/c28-19-14-17-8-4-5-9-18(17)20(15-6-2-1-3-7-15)24-21(19)25-23(31)27-26-22(29)16-10-12-30-13-11-16/h1-9,16,21H,10-14H2,(H,26,29)(H2,25,27,31). The lowest BCUT2D eigenvalue weighted by molar-refractivity contribution is -0.128. The molecule has 2 heterocycles. The van der Waals surface area contributed by atoms with Gasteiger partial charge >= 0.3 is 0 Å². The Morgan fingerprint density at radius 1 is 1.00 bits per heavy atom. The van der Waals surface area contributed by atoms with Gasteiger partial charge in [0, 0.05) is 36.7 Å². The van der Waals surface area contributed by atoms with E-state index in [1.807, 2.05) is 54.6 Å². The Balaban J connectivity index is 1.49. The number of nitrogens with zero attached hydrogens (tertiary/aromatic N) is 1. The highest BCUT2D eigenvalue weighted by molar-refractivity contribution is 7.80. The van der Waals surface area contributed by atoms with Crippen molar-refractivity contribution < 1.29 is 14.3 Å². The Morgan fingerprint density at radius 3 is 2.48 bits per heavy atom. The van der Waals surface area contributed by atoms with Crippen LogP contribution in [0.1, 0.15) is 29.5 Å². The first-order chi connectivity index (χ1) is 15.1. The number of thiocarbonyl (C=S) groups is 1. The molecule has 4 rings (SSSR count). The molecule has 8 heteroatoms. The highest BCUT2D eigenvalue weighted by Crippen LogP contribution is 2.21. The maximum atomic E-state index is 12.9. The number of ketones is 1. The van der Waals surface area contributed by atoms with E-state index in [4.69, 9.17) is 21.9 Å². The fourth-order valence-corrected chi connectivity index (χ4v) is 3.90. The number of amides is 1. The molecule has 0 saturated carbocycles. The van der Waals surface area contributed by atoms with Crippen LogP contribution in [0.3, 0.4) is 0 Å². The third-order valence-electron chi connectivity index (χ3n) is 5.41. The first-order valence-electron chi connectivity index (χ1n) is 10.3. The summed E-state index contributed by atoms with van der Waals surface area (Å²) in [6, 6.07) is 17.5. The summed E-state index contributed by atoms with van der Waals surface area (Å²) < 4.78 is 5.28. The van der Waals surface area contributed by atoms with Crippen molar-refractivity contribution in [3.63, 3.8) is 0 Å². The second-order valence-electron chi connectivity index (χ2n) is 7.52. The molecular weight excluding hydrogens is 412 g/mol. The molecule has 2 aliphatic rings. The lowest BCUT2D eigenvalue weighted by atomic mass is 9.96. The number of fused-ring (bicyclic) bond motifs is 1. The average Bonchev–Trinajstić information content (AvgIpc) is 2.95. The highest BCUT2D eigenvalue weighted by Gasteiger charge is 2.27. The van der Waals surface area contributed by atoms with Crippen LogP contribution in [0.5, 0.6) is 0 Å². The summed E-state index contributed by atoms with van der Waals surface area (Å²) in [6.07, 6.45) is 0.739. The molecular formula is C23H24N4O3S. The zero-order valence-electron chi connectivity index (χ0n) is 17.0. The van der Waals surface area contributed by atoms with Crippen LogP contribution < -0.4 is 16.2 Å². The van der Waals surface area contributed by atoms with Crippen molar-refractivity contribution in [3.05, 3.63) is 71.3 Å². The predicted molar refractivity (Wildman–Crippen MR) is 122 cm³/mol. The zero-order valence-corrected chi connectivity index (χ0v) is 17.8. The summed E-state index contributed by atoms with van der Waals surface area (Å²) in [5.74, 6) is -0.348. The minimum atomic E-state index is -0.859. The first-order valence-corrected chi connectivity index (χ1v) is 10.7. The van der Waals surface area contributed by atoms with E-state index in [0.717, 1.165) is 22.4 Å². The summed E-state index contributed by atoms with van der Waals surface area (Å²) in [5, 5.41) is 3.09. The van der Waals surface area contributed by atoms with Gasteiger partial charge in [-0.25, -0.2) is 0 Å². The lowest BCUT2D eigenvalue weighted by Crippen LogP contribution is -2.52. The number of nitrogens with one attached hydrogen (secondary N) is 3. The topological polar surface area (TPSA) is 91.8 Å². The second-order valence-corrected chi connectivity index (χ2v) is 7.93. The fourth-order valence-electron chi connectivity index (χ4n) is 3.74. The van der Waals surface area contributed by atoms with Gasteiger partial charge in [-0.15, -0.1) is 0 Å². The third kappa shape index (κ3) is 5.15. The number of Topliss-reactive ketones (excluding diaryl/α,β-unsaturated/α-hetero) is 1. The van der Waals surface area contributed by atoms with Crippen molar-refractivity contribution in [2.24, 2.45) is 10.9 Å². The van der Waals surface area contributed by atoms with Crippen LogP contribution >= 0.6 is 12.2 Å². The summed E-state index contributed by atoms with van der Waals surface area (Å²) >= 11 is 5.31. The molecule has 1 atom stereocenters. The van der Waals surface area contributed by atoms with E-state index in [1.165, 1.54) is 0 Å². The van der Waals surface area contributed by atoms with Crippen molar-refractivity contribution in [1.82, 2.24) is 16.2 Å². The second kappa shape index (κ2) is 9.80. The predicted octanol–water partition coefficient (Wildman–Crippen LogP) is 1.90. The van der Waals surface area contributed by atoms with E-state index < -0.39 is 6.17 Å². The Hall–Kier alpha value is -3.10. The molecule has 0 aromatic heterocycles. The van der Waals surface area contributed by atoms with Gasteiger partial charge in [0.05, 0.1) is 5.71 Å². The third-order valence-corrected chi connectivity index (χ3v) is 5.63. The SMILES string of the molecule is O=C(NNC(=S)NC1N=C(c2ccccc2)c2ccccc2CC1=O)C1CCOCC1. The molecule has 0 radical (unpaired) electrons. The fraction of sp³-hybridized carbons (Fsp3) is 0.304. The van der Waals surface area contributed by atoms with Crippen LogP contribution in [0.15, 0.2) is 59.6 Å². The number of hydrazine groups is 1. The van der Waals surface area contributed by atoms with Crippen LogP contribution in [0.2, 0.25) is 0 Å². The van der Waals surface area contributed by atoms with E-state index in [1.54, 1.807) is 0 Å². The van der Waals surface area contributed by atoms with Gasteiger partial charge in [-0.05, 0) is 30.6 Å². The summed E-state index contributed by atoms with van der Waals surface area (Å²) in [7, 11) is 0. The number of carbonyl (C=O) groups excluding carboxylic acids is 2. The summed E-state index contributed by atoms with van der Waals surface area (Å²) in [6.45, 7) is 1.16. The molecule has 1 amide bonds. The molecule has 1 unspecified atom stereocenters. The summed E-state index contributed by atoms with van der Waals surface area (Å²) in [5.41, 5.74) is 8.83. The zero-order chi connectivity index (χ0) is 21.6. The molecule has 0 bridgehead atoms. The molecule has 1 fully saturated rings. The molecule has 160 valence electrons. The van der Waals surface area contributed by atoms with Crippen LogP contribution in [0.4, 0.5) is 0 Å². The van der Waals surface area contributed by atoms with Crippen molar-refractivity contribution in [2.75, 3.05) is 13.2 Å². The van der Waals surface area contributed by atoms with Crippen molar-refractivity contribution in [2.45, 2.75) is 25.4 Å². The Bertz CT molecular complexity index is 1000. The lowest BCUT2D eigenvalue weighted by Gasteiger charge is -2.22. The van der Waals surface area contributed by atoms with Crippen LogP contribution in [-0.4, -0.2) is 41.9 Å². The van der Waals surface area contributed by atoms with Gasteiger partial charge in [0.15, 0.2) is 17.1 Å². The Labute approximate surface area is 186 Å². The molecule has 31 heavy (non-hydrogen) atoms. The molecule has 2 aromatic carbocycles. The normalized spacial score (nSPS) is 18.9. The molecule has 3 N–H and O–H groups in total. The molecule has 0 aliphatic carbocycles. The minimum Gasteiger partial charge on any atom is -0.381 e. The van der Waals surface area contributed by atoms with Crippen LogP contribution in [0, 0.1) is 5.92 Å². The highest BCUT2D eigenvalue weighted by atomic mass is 32.1. The maximum absolute atomic E-state index is 12.9. The largest absolute Gasteiger partial charge is 0.381 e. The monoisotopic (exact) mass is 436 g/mol. The van der Waals surface area contributed by atoms with Gasteiger partial charge in [0.1, 0.15) is 0 Å². The van der Waals surface area contributed by atoms with E-state index in [2.05, 4.69) is 16.2 Å². The quantitative estimate of drug-likeness (QED) is 0.503. The van der Waals surface area contributed by atoms with E-state index >= 15 is 0 Å². The van der Waals surface area contributed by atoms with Crippen molar-refractivity contribution in [3.8, 4) is 0 Å². The van der Waals surface area contributed by atoms with E-state index in [-0.39, 0.29) is 29.1 Å². The smallest absolute Gasteiger partial charge is 0.241 e. The van der Waals surface area contributed by atoms with E-state index in [9.17, 15) is 9.59 Å². The van der Waals surface area contributed by atoms with Crippen molar-refractivity contribution in [1.29, 1.82) is 0 Å². The molecule has 2 aliphatic heterocycles. The minimum absolute atomic E-state index is 0.0988. The maximum Gasteiger partial charge on any atom is 0.241 e. The number of aliphatic imine (C=N–C) groups is 1. The Morgan fingerprint density at radius 2 is 1.71 bits per heavy atom. The number of rotatable bonds is 3. The number of carbonyl (C=O) groups is 2. The molecule has 7 nitrogen and oxygen atoms in total. The van der Waals surface area contributed by atoms with E-state index in [0.29, 0.717) is 26.1 Å². The van der Waals surface area contributed by atoms with Gasteiger partial charge in [0.25, 0.3) is 0 Å². The first kappa shape index (κ1) is 21.1. The number of hydrogen-bond acceptors (Lipinski definition) is 5. The summed E-state index contributed by atoms with van der Waals surface area (Å²) in [4.78, 5) is 29.9. The number of ether oxygens (including phenoxy) is 1. The van der Waals surface area contributed by atoms with Crippen molar-refractivity contribution >= 4 is 34.7 Å². The molecule has 1 saturated heterocycles. The van der Waals surface area contributed by atoms with Gasteiger partial charge in [0.2, 0.25) is 5.91 Å². The molecule has 0 spiro atoms. The number of benzene rings is 2. The Kier molecular flexibility index (Phi) is 6.69. The van der Waals surface area contributed by atoms with Gasteiger partial charge in [-0.2, -0.15) is 0 Å².